The zero-order valence-electron chi connectivity index (χ0n) is 23.5. The molecule has 3 aliphatic carbocycles. The van der Waals surface area contributed by atoms with E-state index in [0.717, 1.165) is 0 Å². The summed E-state index contributed by atoms with van der Waals surface area (Å²) in [4.78, 5) is 63.1. The minimum atomic E-state index is -1.30. The highest BCUT2D eigenvalue weighted by atomic mass is 16.7. The molecular weight excluding hydrogens is 496 g/mol. The second-order valence-corrected chi connectivity index (χ2v) is 12.0. The molecule has 0 spiro atoms. The lowest BCUT2D eigenvalue weighted by Crippen LogP contribution is -2.43. The standard InChI is InChI=1S/C28H38O10/c1-12-10-28-25(37-18(7)32)13(2)11-27(28,38-28)24(33)14(3)22(35-16(5)30)19-20(26(19,8)9)23(36-17(6)31)21(12)34-15(4)29/h10,13-14,19-23,25H,11H2,1-9H3/b12-10+. The first-order chi connectivity index (χ1) is 17.5. The molecule has 3 fully saturated rings. The quantitative estimate of drug-likeness (QED) is 0.229. The maximum absolute atomic E-state index is 14.2. The van der Waals surface area contributed by atoms with Crippen LogP contribution in [0.4, 0.5) is 0 Å². The topological polar surface area (TPSA) is 135 Å². The van der Waals surface area contributed by atoms with Gasteiger partial charge in [-0.25, -0.2) is 0 Å². The van der Waals surface area contributed by atoms with Crippen molar-refractivity contribution in [3.05, 3.63) is 11.6 Å². The molecular formula is C28H38O10. The maximum Gasteiger partial charge on any atom is 0.303 e. The summed E-state index contributed by atoms with van der Waals surface area (Å²) in [6.07, 6.45) is -1.52. The zero-order chi connectivity index (χ0) is 28.5. The van der Waals surface area contributed by atoms with Gasteiger partial charge in [-0.2, -0.15) is 0 Å². The molecule has 0 radical (unpaired) electrons. The Hall–Kier alpha value is -2.75. The van der Waals surface area contributed by atoms with E-state index in [-0.39, 0.29) is 23.5 Å². The van der Waals surface area contributed by atoms with Gasteiger partial charge in [0.2, 0.25) is 0 Å². The lowest BCUT2D eigenvalue weighted by molar-refractivity contribution is -0.166. The summed E-state index contributed by atoms with van der Waals surface area (Å²) >= 11 is 0. The number of hydrogen-bond donors (Lipinski definition) is 0. The van der Waals surface area contributed by atoms with Gasteiger partial charge in [-0.1, -0.05) is 27.7 Å². The van der Waals surface area contributed by atoms with Gasteiger partial charge in [0.15, 0.2) is 23.1 Å². The number of carbonyl (C=O) groups is 5. The SMILES string of the molecule is CC(=O)OC1/C(C)=C/C23OC2(CC(C)C3OC(C)=O)C(=O)C(C)C(OC(C)=O)C2C(C1OC(C)=O)C2(C)C. The summed E-state index contributed by atoms with van der Waals surface area (Å²) in [5.74, 6) is -4.18. The van der Waals surface area contributed by atoms with Gasteiger partial charge in [0.05, 0.1) is 5.92 Å². The molecule has 0 bridgehead atoms. The molecule has 4 aliphatic rings. The first-order valence-electron chi connectivity index (χ1n) is 13.1. The molecule has 0 aromatic heterocycles. The average molecular weight is 535 g/mol. The fourth-order valence-electron chi connectivity index (χ4n) is 7.39. The molecule has 1 aliphatic heterocycles. The average Bonchev–Trinajstić information content (AvgIpc) is 3.56. The third kappa shape index (κ3) is 4.25. The summed E-state index contributed by atoms with van der Waals surface area (Å²) in [7, 11) is 0. The second kappa shape index (κ2) is 9.17. The first kappa shape index (κ1) is 28.3. The van der Waals surface area contributed by atoms with Crippen LogP contribution in [0.5, 0.6) is 0 Å². The van der Waals surface area contributed by atoms with Crippen LogP contribution in [0.1, 0.15) is 68.7 Å². The minimum Gasteiger partial charge on any atom is -0.461 e. The normalized spacial score (nSPS) is 44.0. The number of rotatable bonds is 4. The second-order valence-electron chi connectivity index (χ2n) is 12.0. The van der Waals surface area contributed by atoms with Gasteiger partial charge in [0.25, 0.3) is 0 Å². The zero-order valence-corrected chi connectivity index (χ0v) is 23.5. The summed E-state index contributed by atoms with van der Waals surface area (Å²) in [5, 5.41) is 0. The van der Waals surface area contributed by atoms with Gasteiger partial charge >= 0.3 is 23.9 Å². The summed E-state index contributed by atoms with van der Waals surface area (Å²) in [6.45, 7) is 14.3. The predicted octanol–water partition coefficient (Wildman–Crippen LogP) is 2.70. The molecule has 2 saturated carbocycles. The third-order valence-corrected chi connectivity index (χ3v) is 8.87. The third-order valence-electron chi connectivity index (χ3n) is 8.87. The van der Waals surface area contributed by atoms with Gasteiger partial charge in [0.1, 0.15) is 18.3 Å². The molecule has 10 atom stereocenters. The lowest BCUT2D eigenvalue weighted by atomic mass is 9.80. The van der Waals surface area contributed by atoms with E-state index >= 15 is 0 Å². The van der Waals surface area contributed by atoms with Crippen LogP contribution in [-0.4, -0.2) is 65.3 Å². The van der Waals surface area contributed by atoms with Crippen molar-refractivity contribution in [3.8, 4) is 0 Å². The smallest absolute Gasteiger partial charge is 0.303 e. The number of Topliss-reactive ketones (excluding diaryl/α,β-unsaturated/α-hetero) is 1. The fourth-order valence-corrected chi connectivity index (χ4v) is 7.39. The van der Waals surface area contributed by atoms with Crippen molar-refractivity contribution in [1.29, 1.82) is 0 Å². The van der Waals surface area contributed by atoms with Gasteiger partial charge in [0, 0.05) is 39.5 Å². The molecule has 0 aromatic carbocycles. The molecule has 0 aromatic rings. The van der Waals surface area contributed by atoms with Crippen molar-refractivity contribution in [2.75, 3.05) is 0 Å². The first-order valence-corrected chi connectivity index (χ1v) is 13.1. The highest BCUT2D eigenvalue weighted by Crippen LogP contribution is 2.68. The van der Waals surface area contributed by atoms with Gasteiger partial charge < -0.3 is 23.7 Å². The van der Waals surface area contributed by atoms with E-state index in [0.29, 0.717) is 12.0 Å². The van der Waals surface area contributed by atoms with Crippen LogP contribution < -0.4 is 0 Å². The molecule has 38 heavy (non-hydrogen) atoms. The van der Waals surface area contributed by atoms with E-state index in [1.165, 1.54) is 27.7 Å². The highest BCUT2D eigenvalue weighted by molar-refractivity contribution is 5.96. The number of fused-ring (bicyclic) bond motifs is 1. The van der Waals surface area contributed by atoms with Gasteiger partial charge in [-0.15, -0.1) is 0 Å². The summed E-state index contributed by atoms with van der Waals surface area (Å²) < 4.78 is 29.3. The molecule has 4 rings (SSSR count). The van der Waals surface area contributed by atoms with Crippen LogP contribution >= 0.6 is 0 Å². The van der Waals surface area contributed by atoms with Crippen LogP contribution in [0.25, 0.3) is 0 Å². The molecule has 1 saturated heterocycles. The molecule has 0 N–H and O–H groups in total. The Morgan fingerprint density at radius 3 is 1.87 bits per heavy atom. The van der Waals surface area contributed by atoms with Crippen LogP contribution in [0.2, 0.25) is 0 Å². The molecule has 210 valence electrons. The number of ether oxygens (including phenoxy) is 5. The minimum absolute atomic E-state index is 0.218. The van der Waals surface area contributed by atoms with Crippen molar-refractivity contribution < 1.29 is 47.7 Å². The summed E-state index contributed by atoms with van der Waals surface area (Å²) in [5.41, 5.74) is -2.61. The Morgan fingerprint density at radius 1 is 0.842 bits per heavy atom. The largest absolute Gasteiger partial charge is 0.461 e. The van der Waals surface area contributed by atoms with Crippen molar-refractivity contribution in [2.24, 2.45) is 29.1 Å². The Balaban J connectivity index is 1.94. The predicted molar refractivity (Wildman–Crippen MR) is 131 cm³/mol. The van der Waals surface area contributed by atoms with Crippen molar-refractivity contribution in [2.45, 2.75) is 104 Å². The van der Waals surface area contributed by atoms with E-state index < -0.39 is 70.8 Å². The lowest BCUT2D eigenvalue weighted by Gasteiger charge is -2.30. The Labute approximate surface area is 222 Å². The van der Waals surface area contributed by atoms with E-state index in [1.807, 2.05) is 20.8 Å². The van der Waals surface area contributed by atoms with E-state index in [1.54, 1.807) is 19.9 Å². The van der Waals surface area contributed by atoms with Crippen molar-refractivity contribution in [1.82, 2.24) is 0 Å². The van der Waals surface area contributed by atoms with Crippen LogP contribution in [0.15, 0.2) is 11.6 Å². The van der Waals surface area contributed by atoms with Crippen LogP contribution in [0.3, 0.4) is 0 Å². The van der Waals surface area contributed by atoms with E-state index in [2.05, 4.69) is 0 Å². The van der Waals surface area contributed by atoms with Crippen molar-refractivity contribution in [3.63, 3.8) is 0 Å². The monoisotopic (exact) mass is 534 g/mol. The highest BCUT2D eigenvalue weighted by Gasteiger charge is 2.84. The molecule has 10 nitrogen and oxygen atoms in total. The number of hydrogen-bond acceptors (Lipinski definition) is 10. The van der Waals surface area contributed by atoms with Crippen LogP contribution in [-0.2, 0) is 47.7 Å². The Kier molecular flexibility index (Phi) is 6.82. The van der Waals surface area contributed by atoms with Gasteiger partial charge in [-0.3, -0.25) is 24.0 Å². The van der Waals surface area contributed by atoms with E-state index in [9.17, 15) is 24.0 Å². The van der Waals surface area contributed by atoms with Gasteiger partial charge in [-0.05, 0) is 36.3 Å². The Bertz CT molecular complexity index is 1110. The fraction of sp³-hybridized carbons (Fsp3) is 0.750. The molecule has 1 heterocycles. The van der Waals surface area contributed by atoms with E-state index in [4.69, 9.17) is 23.7 Å². The molecule has 10 unspecified atom stereocenters. The Morgan fingerprint density at radius 2 is 1.34 bits per heavy atom. The number of epoxide rings is 1. The number of ketones is 1. The number of carbonyl (C=O) groups excluding carboxylic acids is 5. The number of esters is 4. The molecule has 10 heteroatoms. The van der Waals surface area contributed by atoms with Crippen LogP contribution in [0, 0.1) is 29.1 Å². The van der Waals surface area contributed by atoms with Crippen molar-refractivity contribution >= 4 is 29.7 Å². The molecule has 0 amide bonds. The maximum atomic E-state index is 14.2. The summed E-state index contributed by atoms with van der Waals surface area (Å²) in [6, 6.07) is 0.